The SMILES string of the molecule is N#Cc1ccc(C(O)CSc2ccc(Br)cn2)cc1. The summed E-state index contributed by atoms with van der Waals surface area (Å²) in [5.41, 5.74) is 1.40. The molecule has 1 atom stereocenters. The van der Waals surface area contributed by atoms with Gasteiger partial charge in [-0.25, -0.2) is 4.98 Å². The Labute approximate surface area is 124 Å². The number of pyridine rings is 1. The van der Waals surface area contributed by atoms with E-state index in [0.29, 0.717) is 11.3 Å². The number of hydrogen-bond donors (Lipinski definition) is 1. The molecule has 0 saturated carbocycles. The number of rotatable bonds is 4. The fourth-order valence-electron chi connectivity index (χ4n) is 1.49. The van der Waals surface area contributed by atoms with E-state index in [2.05, 4.69) is 27.0 Å². The van der Waals surface area contributed by atoms with Crippen molar-refractivity contribution in [2.45, 2.75) is 11.1 Å². The molecule has 1 N–H and O–H groups in total. The van der Waals surface area contributed by atoms with Gasteiger partial charge >= 0.3 is 0 Å². The van der Waals surface area contributed by atoms with Crippen LogP contribution >= 0.6 is 27.7 Å². The maximum atomic E-state index is 10.1. The molecular formula is C14H11BrN2OS. The minimum Gasteiger partial charge on any atom is -0.388 e. The molecule has 5 heteroatoms. The van der Waals surface area contributed by atoms with Crippen molar-refractivity contribution in [3.63, 3.8) is 0 Å². The molecule has 1 unspecified atom stereocenters. The second-order valence-electron chi connectivity index (χ2n) is 3.88. The predicted octanol–water partition coefficient (Wildman–Crippen LogP) is 3.54. The first-order valence-corrected chi connectivity index (χ1v) is 7.39. The van der Waals surface area contributed by atoms with Crippen LogP contribution in [-0.2, 0) is 0 Å². The van der Waals surface area contributed by atoms with Gasteiger partial charge in [0.25, 0.3) is 0 Å². The van der Waals surface area contributed by atoms with Crippen molar-refractivity contribution in [1.82, 2.24) is 4.98 Å². The number of aliphatic hydroxyl groups excluding tert-OH is 1. The summed E-state index contributed by atoms with van der Waals surface area (Å²) in [6, 6.07) is 12.9. The second kappa shape index (κ2) is 6.71. The van der Waals surface area contributed by atoms with Gasteiger partial charge in [-0.2, -0.15) is 5.26 Å². The highest BCUT2D eigenvalue weighted by molar-refractivity contribution is 9.10. The molecule has 2 aromatic rings. The van der Waals surface area contributed by atoms with E-state index in [1.165, 1.54) is 11.8 Å². The lowest BCUT2D eigenvalue weighted by molar-refractivity contribution is 0.204. The van der Waals surface area contributed by atoms with Crippen LogP contribution in [0.4, 0.5) is 0 Å². The number of thioether (sulfide) groups is 1. The van der Waals surface area contributed by atoms with Gasteiger partial charge in [-0.05, 0) is 45.8 Å². The highest BCUT2D eigenvalue weighted by Gasteiger charge is 2.08. The topological polar surface area (TPSA) is 56.9 Å². The molecule has 0 amide bonds. The molecule has 0 radical (unpaired) electrons. The molecule has 1 heterocycles. The number of benzene rings is 1. The summed E-state index contributed by atoms with van der Waals surface area (Å²) in [7, 11) is 0. The Morgan fingerprint density at radius 3 is 2.58 bits per heavy atom. The van der Waals surface area contributed by atoms with Crippen LogP contribution in [0.1, 0.15) is 17.2 Å². The third kappa shape index (κ3) is 4.06. The number of nitriles is 1. The van der Waals surface area contributed by atoms with Crippen molar-refractivity contribution in [3.05, 3.63) is 58.2 Å². The number of aromatic nitrogens is 1. The van der Waals surface area contributed by atoms with Crippen molar-refractivity contribution < 1.29 is 5.11 Å². The van der Waals surface area contributed by atoms with E-state index < -0.39 is 6.10 Å². The molecule has 0 aliphatic heterocycles. The minimum atomic E-state index is -0.566. The van der Waals surface area contributed by atoms with E-state index >= 15 is 0 Å². The van der Waals surface area contributed by atoms with Crippen LogP contribution in [0.2, 0.25) is 0 Å². The number of nitrogens with zero attached hydrogens (tertiary/aromatic N) is 2. The van der Waals surface area contributed by atoms with Crippen molar-refractivity contribution in [3.8, 4) is 6.07 Å². The first-order valence-electron chi connectivity index (χ1n) is 5.61. The van der Waals surface area contributed by atoms with Crippen LogP contribution in [0.25, 0.3) is 0 Å². The van der Waals surface area contributed by atoms with E-state index in [1.807, 2.05) is 12.1 Å². The van der Waals surface area contributed by atoms with E-state index in [0.717, 1.165) is 15.1 Å². The molecule has 2 rings (SSSR count). The molecule has 3 nitrogen and oxygen atoms in total. The van der Waals surface area contributed by atoms with Crippen LogP contribution in [0, 0.1) is 11.3 Å². The Kier molecular flexibility index (Phi) is 4.97. The lowest BCUT2D eigenvalue weighted by Gasteiger charge is -2.10. The molecule has 19 heavy (non-hydrogen) atoms. The zero-order chi connectivity index (χ0) is 13.7. The Balaban J connectivity index is 1.95. The van der Waals surface area contributed by atoms with E-state index in [4.69, 9.17) is 5.26 Å². The standard InChI is InChI=1S/C14H11BrN2OS/c15-12-5-6-14(17-8-12)19-9-13(18)11-3-1-10(7-16)2-4-11/h1-6,8,13,18H,9H2. The monoisotopic (exact) mass is 334 g/mol. The van der Waals surface area contributed by atoms with Crippen molar-refractivity contribution in [2.75, 3.05) is 5.75 Å². The summed E-state index contributed by atoms with van der Waals surface area (Å²) >= 11 is 4.82. The van der Waals surface area contributed by atoms with E-state index in [1.54, 1.807) is 30.5 Å². The van der Waals surface area contributed by atoms with Crippen LogP contribution in [-0.4, -0.2) is 15.8 Å². The first-order chi connectivity index (χ1) is 9.19. The van der Waals surface area contributed by atoms with E-state index in [9.17, 15) is 5.11 Å². The molecule has 0 bridgehead atoms. The number of hydrogen-bond acceptors (Lipinski definition) is 4. The van der Waals surface area contributed by atoms with Crippen molar-refractivity contribution in [2.24, 2.45) is 0 Å². The van der Waals surface area contributed by atoms with Gasteiger partial charge in [0.2, 0.25) is 0 Å². The maximum absolute atomic E-state index is 10.1. The summed E-state index contributed by atoms with van der Waals surface area (Å²) in [5, 5.41) is 19.6. The van der Waals surface area contributed by atoms with Crippen molar-refractivity contribution in [1.29, 1.82) is 5.26 Å². The summed E-state index contributed by atoms with van der Waals surface area (Å²) in [6.07, 6.45) is 1.17. The third-order valence-corrected chi connectivity index (χ3v) is 4.00. The Morgan fingerprint density at radius 1 is 1.26 bits per heavy atom. The normalized spacial score (nSPS) is 11.8. The zero-order valence-corrected chi connectivity index (χ0v) is 12.4. The fourth-order valence-corrected chi connectivity index (χ4v) is 2.54. The Morgan fingerprint density at radius 2 is 2.00 bits per heavy atom. The molecule has 0 spiro atoms. The summed E-state index contributed by atoms with van der Waals surface area (Å²) < 4.78 is 0.935. The predicted molar refractivity (Wildman–Crippen MR) is 78.8 cm³/mol. The molecule has 96 valence electrons. The number of halogens is 1. The van der Waals surface area contributed by atoms with Gasteiger partial charge in [0.05, 0.1) is 22.8 Å². The average molecular weight is 335 g/mol. The molecule has 1 aromatic carbocycles. The van der Waals surface area contributed by atoms with Crippen LogP contribution in [0.15, 0.2) is 52.1 Å². The van der Waals surface area contributed by atoms with Gasteiger partial charge in [0.15, 0.2) is 0 Å². The second-order valence-corrected chi connectivity index (χ2v) is 5.83. The lowest BCUT2D eigenvalue weighted by atomic mass is 10.1. The van der Waals surface area contributed by atoms with Crippen LogP contribution in [0.3, 0.4) is 0 Å². The highest BCUT2D eigenvalue weighted by atomic mass is 79.9. The quantitative estimate of drug-likeness (QED) is 0.869. The maximum Gasteiger partial charge on any atom is 0.0991 e. The van der Waals surface area contributed by atoms with Gasteiger partial charge in [-0.15, -0.1) is 11.8 Å². The van der Waals surface area contributed by atoms with Crippen molar-refractivity contribution >= 4 is 27.7 Å². The molecule has 0 aliphatic carbocycles. The molecule has 0 fully saturated rings. The smallest absolute Gasteiger partial charge is 0.0991 e. The van der Waals surface area contributed by atoms with Gasteiger partial charge in [-0.3, -0.25) is 0 Å². The summed E-state index contributed by atoms with van der Waals surface area (Å²) in [6.45, 7) is 0. The number of aliphatic hydroxyl groups is 1. The minimum absolute atomic E-state index is 0.528. The largest absolute Gasteiger partial charge is 0.388 e. The third-order valence-electron chi connectivity index (χ3n) is 2.51. The molecule has 0 aliphatic rings. The average Bonchev–Trinajstić information content (AvgIpc) is 2.46. The van der Waals surface area contributed by atoms with Gasteiger partial charge in [0, 0.05) is 16.4 Å². The molecule has 1 aromatic heterocycles. The lowest BCUT2D eigenvalue weighted by Crippen LogP contribution is -2.00. The van der Waals surface area contributed by atoms with Gasteiger partial charge in [-0.1, -0.05) is 12.1 Å². The Bertz CT molecular complexity index is 578. The highest BCUT2D eigenvalue weighted by Crippen LogP contribution is 2.24. The van der Waals surface area contributed by atoms with E-state index in [-0.39, 0.29) is 0 Å². The first kappa shape index (κ1) is 14.1. The summed E-state index contributed by atoms with van der Waals surface area (Å²) in [4.78, 5) is 4.23. The fraction of sp³-hybridized carbons (Fsp3) is 0.143. The van der Waals surface area contributed by atoms with Crippen LogP contribution < -0.4 is 0 Å². The van der Waals surface area contributed by atoms with Gasteiger partial charge in [0.1, 0.15) is 0 Å². The van der Waals surface area contributed by atoms with Gasteiger partial charge < -0.3 is 5.11 Å². The molecule has 0 saturated heterocycles. The summed E-state index contributed by atoms with van der Waals surface area (Å²) in [5.74, 6) is 0.528. The zero-order valence-electron chi connectivity index (χ0n) is 9.95. The Hall–Kier alpha value is -1.35. The van der Waals surface area contributed by atoms with Crippen LogP contribution in [0.5, 0.6) is 0 Å². The molecular weight excluding hydrogens is 324 g/mol.